The van der Waals surface area contributed by atoms with E-state index < -0.39 is 11.9 Å². The van der Waals surface area contributed by atoms with Crippen LogP contribution in [0.5, 0.6) is 0 Å². The Morgan fingerprint density at radius 1 is 1.13 bits per heavy atom. The van der Waals surface area contributed by atoms with E-state index in [9.17, 15) is 18.0 Å². The molecule has 1 aliphatic carbocycles. The highest BCUT2D eigenvalue weighted by molar-refractivity contribution is 6.31. The summed E-state index contributed by atoms with van der Waals surface area (Å²) in [5, 5.41) is 7.08. The molecule has 0 radical (unpaired) electrons. The van der Waals surface area contributed by atoms with Crippen molar-refractivity contribution in [3.8, 4) is 0 Å². The van der Waals surface area contributed by atoms with Gasteiger partial charge < -0.3 is 15.1 Å². The molecule has 158 valence electrons. The summed E-state index contributed by atoms with van der Waals surface area (Å²) in [6.45, 7) is 0. The van der Waals surface area contributed by atoms with Gasteiger partial charge in [0.05, 0.1) is 11.7 Å². The van der Waals surface area contributed by atoms with Crippen LogP contribution < -0.4 is 10.6 Å². The molecule has 10 heteroatoms. The normalized spacial score (nSPS) is 19.6. The number of fused-ring (bicyclic) bond motifs is 1. The number of hydrogen-bond donors (Lipinski definition) is 2. The first kappa shape index (κ1) is 20.5. The van der Waals surface area contributed by atoms with Gasteiger partial charge in [-0.25, -0.2) is 9.97 Å². The van der Waals surface area contributed by atoms with Gasteiger partial charge in [-0.05, 0) is 49.9 Å². The summed E-state index contributed by atoms with van der Waals surface area (Å²) in [6, 6.07) is 5.56. The fourth-order valence-corrected chi connectivity index (χ4v) is 3.82. The van der Waals surface area contributed by atoms with Crippen molar-refractivity contribution in [3.05, 3.63) is 53.3 Å². The highest BCUT2D eigenvalue weighted by Gasteiger charge is 2.34. The molecule has 2 aromatic heterocycles. The fourth-order valence-electron chi connectivity index (χ4n) is 3.65. The van der Waals surface area contributed by atoms with Gasteiger partial charge in [0.25, 0.3) is 5.91 Å². The average molecular weight is 439 g/mol. The SMILES string of the molecule is O=C(N[C@H]1CC[C@@H](Nc2cc(C(F)(F)F)nc3ccc(Cl)cc23)CC1)c1cnco1. The lowest BCUT2D eigenvalue weighted by Gasteiger charge is -2.30. The second-order valence-corrected chi connectivity index (χ2v) is 7.68. The maximum absolute atomic E-state index is 13.3. The minimum atomic E-state index is -4.55. The third-order valence-electron chi connectivity index (χ3n) is 5.14. The quantitative estimate of drug-likeness (QED) is 0.596. The number of nitrogens with zero attached hydrogens (tertiary/aromatic N) is 2. The lowest BCUT2D eigenvalue weighted by atomic mass is 9.90. The third kappa shape index (κ3) is 4.51. The third-order valence-corrected chi connectivity index (χ3v) is 5.37. The first-order chi connectivity index (χ1) is 14.3. The summed E-state index contributed by atoms with van der Waals surface area (Å²) in [6.07, 6.45) is 0.741. The number of pyridine rings is 1. The van der Waals surface area contributed by atoms with Crippen molar-refractivity contribution < 1.29 is 22.4 Å². The number of aromatic nitrogens is 2. The molecule has 1 amide bonds. The molecule has 6 nitrogen and oxygen atoms in total. The molecule has 3 aromatic rings. The van der Waals surface area contributed by atoms with Gasteiger partial charge in [-0.3, -0.25) is 4.79 Å². The molecule has 0 unspecified atom stereocenters. The van der Waals surface area contributed by atoms with Crippen LogP contribution >= 0.6 is 11.6 Å². The van der Waals surface area contributed by atoms with Gasteiger partial charge in [-0.2, -0.15) is 13.2 Å². The molecule has 0 spiro atoms. The Labute approximate surface area is 174 Å². The Morgan fingerprint density at radius 3 is 2.53 bits per heavy atom. The second-order valence-electron chi connectivity index (χ2n) is 7.25. The Bertz CT molecular complexity index is 1050. The van der Waals surface area contributed by atoms with Gasteiger partial charge in [0, 0.05) is 28.2 Å². The van der Waals surface area contributed by atoms with E-state index in [1.807, 2.05) is 0 Å². The molecule has 2 heterocycles. The largest absolute Gasteiger partial charge is 0.438 e. The maximum Gasteiger partial charge on any atom is 0.433 e. The lowest BCUT2D eigenvalue weighted by Crippen LogP contribution is -2.40. The van der Waals surface area contributed by atoms with Gasteiger partial charge in [-0.1, -0.05) is 11.6 Å². The van der Waals surface area contributed by atoms with Crippen LogP contribution in [0.1, 0.15) is 41.9 Å². The van der Waals surface area contributed by atoms with Gasteiger partial charge >= 0.3 is 6.18 Å². The number of alkyl halides is 3. The van der Waals surface area contributed by atoms with Crippen LogP contribution in [0.2, 0.25) is 5.02 Å². The van der Waals surface area contributed by atoms with Crippen LogP contribution in [0, 0.1) is 0 Å². The van der Waals surface area contributed by atoms with Gasteiger partial charge in [-0.15, -0.1) is 0 Å². The summed E-state index contributed by atoms with van der Waals surface area (Å²) in [7, 11) is 0. The van der Waals surface area contributed by atoms with Crippen molar-refractivity contribution in [1.82, 2.24) is 15.3 Å². The summed E-state index contributed by atoms with van der Waals surface area (Å²) >= 11 is 6.04. The molecule has 2 N–H and O–H groups in total. The Balaban J connectivity index is 1.47. The van der Waals surface area contributed by atoms with Crippen LogP contribution in [0.3, 0.4) is 0 Å². The van der Waals surface area contributed by atoms with Crippen molar-refractivity contribution in [2.75, 3.05) is 5.32 Å². The van der Waals surface area contributed by atoms with Crippen molar-refractivity contribution in [1.29, 1.82) is 0 Å². The molecule has 0 bridgehead atoms. The molecule has 30 heavy (non-hydrogen) atoms. The monoisotopic (exact) mass is 438 g/mol. The number of benzene rings is 1. The summed E-state index contributed by atoms with van der Waals surface area (Å²) in [4.78, 5) is 19.5. The number of carbonyl (C=O) groups is 1. The number of nitrogens with one attached hydrogen (secondary N) is 2. The van der Waals surface area contributed by atoms with E-state index >= 15 is 0 Å². The molecule has 0 aliphatic heterocycles. The Kier molecular flexibility index (Phi) is 5.55. The zero-order valence-electron chi connectivity index (χ0n) is 15.7. The smallest absolute Gasteiger partial charge is 0.433 e. The molecular weight excluding hydrogens is 421 g/mol. The minimum absolute atomic E-state index is 0.0324. The highest BCUT2D eigenvalue weighted by atomic mass is 35.5. The van der Waals surface area contributed by atoms with E-state index in [1.165, 1.54) is 24.7 Å². The first-order valence-corrected chi connectivity index (χ1v) is 9.81. The van der Waals surface area contributed by atoms with E-state index in [2.05, 4.69) is 20.6 Å². The number of carbonyl (C=O) groups excluding carboxylic acids is 1. The average Bonchev–Trinajstić information content (AvgIpc) is 3.24. The second kappa shape index (κ2) is 8.14. The first-order valence-electron chi connectivity index (χ1n) is 9.43. The molecule has 0 saturated heterocycles. The van der Waals surface area contributed by atoms with Gasteiger partial charge in [0.2, 0.25) is 5.76 Å². The maximum atomic E-state index is 13.3. The number of amides is 1. The van der Waals surface area contributed by atoms with E-state index in [0.29, 0.717) is 41.8 Å². The van der Waals surface area contributed by atoms with Crippen molar-refractivity contribution >= 4 is 34.1 Å². The number of halogens is 4. The van der Waals surface area contributed by atoms with Crippen LogP contribution in [-0.2, 0) is 6.18 Å². The van der Waals surface area contributed by atoms with E-state index in [4.69, 9.17) is 16.0 Å². The van der Waals surface area contributed by atoms with Gasteiger partial charge in [0.15, 0.2) is 6.39 Å². The summed E-state index contributed by atoms with van der Waals surface area (Å²) < 4.78 is 44.8. The number of hydrogen-bond acceptors (Lipinski definition) is 5. The molecule has 4 rings (SSSR count). The standard InChI is InChI=1S/C20H18ClF3N4O2/c21-11-1-6-15-14(7-11)16(8-18(28-15)20(22,23)24)26-12-2-4-13(5-3-12)27-19(29)17-9-25-10-30-17/h1,6-10,12-13H,2-5H2,(H,26,28)(H,27,29)/t12-,13+. The van der Waals surface area contributed by atoms with Crippen molar-refractivity contribution in [2.45, 2.75) is 43.9 Å². The summed E-state index contributed by atoms with van der Waals surface area (Å²) in [5.74, 6) is -0.177. The zero-order valence-corrected chi connectivity index (χ0v) is 16.4. The van der Waals surface area contributed by atoms with E-state index in [0.717, 1.165) is 6.07 Å². The van der Waals surface area contributed by atoms with Gasteiger partial charge in [0.1, 0.15) is 5.69 Å². The number of oxazole rings is 1. The molecular formula is C20H18ClF3N4O2. The molecule has 1 aliphatic rings. The van der Waals surface area contributed by atoms with Crippen LogP contribution in [0.25, 0.3) is 10.9 Å². The van der Waals surface area contributed by atoms with Crippen LogP contribution in [-0.4, -0.2) is 28.0 Å². The highest BCUT2D eigenvalue weighted by Crippen LogP contribution is 2.35. The topological polar surface area (TPSA) is 80.0 Å². The zero-order chi connectivity index (χ0) is 21.3. The summed E-state index contributed by atoms with van der Waals surface area (Å²) in [5.41, 5.74) is -0.374. The predicted octanol–water partition coefficient (Wildman–Crippen LogP) is 5.05. The molecule has 1 saturated carbocycles. The Morgan fingerprint density at radius 2 is 1.87 bits per heavy atom. The minimum Gasteiger partial charge on any atom is -0.438 e. The van der Waals surface area contributed by atoms with Crippen LogP contribution in [0.15, 0.2) is 41.3 Å². The number of anilines is 1. The van der Waals surface area contributed by atoms with E-state index in [1.54, 1.807) is 6.07 Å². The fraction of sp³-hybridized carbons (Fsp3) is 0.350. The lowest BCUT2D eigenvalue weighted by molar-refractivity contribution is -0.140. The molecule has 0 atom stereocenters. The molecule has 1 aromatic carbocycles. The Hall–Kier alpha value is -2.81. The van der Waals surface area contributed by atoms with E-state index in [-0.39, 0.29) is 29.3 Å². The van der Waals surface area contributed by atoms with Crippen molar-refractivity contribution in [3.63, 3.8) is 0 Å². The van der Waals surface area contributed by atoms with Crippen molar-refractivity contribution in [2.24, 2.45) is 0 Å². The number of rotatable bonds is 4. The molecule has 1 fully saturated rings. The predicted molar refractivity (Wildman–Crippen MR) is 105 cm³/mol. The van der Waals surface area contributed by atoms with Crippen LogP contribution in [0.4, 0.5) is 18.9 Å².